The Morgan fingerprint density at radius 2 is 2.17 bits per heavy atom. The Morgan fingerprint density at radius 3 is 2.83 bits per heavy atom. The van der Waals surface area contributed by atoms with E-state index in [0.717, 1.165) is 18.8 Å². The minimum atomic E-state index is -0.102. The van der Waals surface area contributed by atoms with Gasteiger partial charge in [0.2, 0.25) is 11.8 Å². The number of furan rings is 1. The second kappa shape index (κ2) is 7.88. The third kappa shape index (κ3) is 4.29. The van der Waals surface area contributed by atoms with E-state index >= 15 is 0 Å². The van der Waals surface area contributed by atoms with Gasteiger partial charge in [0.15, 0.2) is 0 Å². The van der Waals surface area contributed by atoms with Crippen LogP contribution in [0.15, 0.2) is 22.8 Å². The first kappa shape index (κ1) is 16.4. The molecular weight excluding hydrogens is 314 g/mol. The Labute approximate surface area is 140 Å². The quantitative estimate of drug-likeness (QED) is 0.851. The molecule has 3 heterocycles. The zero-order valence-electron chi connectivity index (χ0n) is 13.2. The highest BCUT2D eigenvalue weighted by atomic mass is 32.2. The molecule has 0 spiro atoms. The van der Waals surface area contributed by atoms with Gasteiger partial charge in [0.05, 0.1) is 23.9 Å². The molecular formula is C16H23N3O3S. The molecule has 0 aromatic carbocycles. The molecule has 2 saturated heterocycles. The van der Waals surface area contributed by atoms with Crippen molar-refractivity contribution < 1.29 is 14.0 Å². The molecule has 1 N–H and O–H groups in total. The van der Waals surface area contributed by atoms with Gasteiger partial charge in [-0.25, -0.2) is 0 Å². The van der Waals surface area contributed by atoms with Crippen LogP contribution in [0.4, 0.5) is 0 Å². The van der Waals surface area contributed by atoms with Crippen molar-refractivity contribution in [1.29, 1.82) is 0 Å². The lowest BCUT2D eigenvalue weighted by Crippen LogP contribution is -2.43. The monoisotopic (exact) mass is 337 g/mol. The standard InChI is InChI=1S/C16H23N3O3S/c20-15(10-19-12-23-11-16(19)21)17-9-13(14-5-4-8-22-14)18-6-2-1-3-7-18/h4-5,8,13H,1-3,6-7,9-12H2,(H,17,20)/t13-/m1/s1. The Kier molecular flexibility index (Phi) is 5.61. The van der Waals surface area contributed by atoms with Crippen molar-refractivity contribution in [3.8, 4) is 0 Å². The van der Waals surface area contributed by atoms with Crippen molar-refractivity contribution in [2.75, 3.05) is 37.8 Å². The fraction of sp³-hybridized carbons (Fsp3) is 0.625. The van der Waals surface area contributed by atoms with Gasteiger partial charge in [0, 0.05) is 6.54 Å². The van der Waals surface area contributed by atoms with Crippen LogP contribution in [0.3, 0.4) is 0 Å². The summed E-state index contributed by atoms with van der Waals surface area (Å²) in [7, 11) is 0. The van der Waals surface area contributed by atoms with E-state index in [4.69, 9.17) is 4.42 Å². The summed E-state index contributed by atoms with van der Waals surface area (Å²) in [5.41, 5.74) is 0. The number of thioether (sulfide) groups is 1. The summed E-state index contributed by atoms with van der Waals surface area (Å²) in [6, 6.07) is 3.92. The molecule has 2 aliphatic rings. The summed E-state index contributed by atoms with van der Waals surface area (Å²) in [6.45, 7) is 2.73. The summed E-state index contributed by atoms with van der Waals surface area (Å²) in [6.07, 6.45) is 5.31. The van der Waals surface area contributed by atoms with E-state index in [1.54, 1.807) is 22.9 Å². The highest BCUT2D eigenvalue weighted by Crippen LogP contribution is 2.24. The lowest BCUT2D eigenvalue weighted by molar-refractivity contribution is -0.132. The summed E-state index contributed by atoms with van der Waals surface area (Å²) in [5, 5.41) is 2.97. The molecule has 0 bridgehead atoms. The lowest BCUT2D eigenvalue weighted by atomic mass is 10.1. The number of hydrogen-bond donors (Lipinski definition) is 1. The summed E-state index contributed by atoms with van der Waals surface area (Å²) < 4.78 is 5.57. The van der Waals surface area contributed by atoms with Gasteiger partial charge in [-0.3, -0.25) is 14.5 Å². The second-order valence-corrected chi connectivity index (χ2v) is 6.96. The molecule has 6 nitrogen and oxygen atoms in total. The maximum Gasteiger partial charge on any atom is 0.239 e. The topological polar surface area (TPSA) is 65.8 Å². The molecule has 2 amide bonds. The van der Waals surface area contributed by atoms with Gasteiger partial charge in [-0.2, -0.15) is 0 Å². The summed E-state index contributed by atoms with van der Waals surface area (Å²) >= 11 is 1.55. The highest BCUT2D eigenvalue weighted by Gasteiger charge is 2.26. The Bertz CT molecular complexity index is 529. The fourth-order valence-corrected chi connectivity index (χ4v) is 4.00. The summed E-state index contributed by atoms with van der Waals surface area (Å²) in [4.78, 5) is 27.7. The van der Waals surface area contributed by atoms with E-state index in [1.165, 1.54) is 19.3 Å². The third-order valence-corrected chi connectivity index (χ3v) is 5.30. The highest BCUT2D eigenvalue weighted by molar-refractivity contribution is 8.00. The molecule has 23 heavy (non-hydrogen) atoms. The van der Waals surface area contributed by atoms with E-state index in [-0.39, 0.29) is 24.4 Å². The van der Waals surface area contributed by atoms with Gasteiger partial charge in [-0.15, -0.1) is 11.8 Å². The van der Waals surface area contributed by atoms with E-state index < -0.39 is 0 Å². The number of rotatable bonds is 6. The molecule has 1 aromatic heterocycles. The Balaban J connectivity index is 1.55. The van der Waals surface area contributed by atoms with Crippen LogP contribution in [0.2, 0.25) is 0 Å². The number of nitrogens with zero attached hydrogens (tertiary/aromatic N) is 2. The van der Waals surface area contributed by atoms with Crippen molar-refractivity contribution >= 4 is 23.6 Å². The van der Waals surface area contributed by atoms with Gasteiger partial charge in [-0.05, 0) is 38.1 Å². The number of piperidine rings is 1. The molecule has 0 saturated carbocycles. The first-order chi connectivity index (χ1) is 11.2. The van der Waals surface area contributed by atoms with Crippen LogP contribution in [0.1, 0.15) is 31.1 Å². The number of hydrogen-bond acceptors (Lipinski definition) is 5. The molecule has 0 aliphatic carbocycles. The number of likely N-dealkylation sites (tertiary alicyclic amines) is 1. The van der Waals surface area contributed by atoms with E-state index in [9.17, 15) is 9.59 Å². The van der Waals surface area contributed by atoms with Gasteiger partial charge >= 0.3 is 0 Å². The fourth-order valence-electron chi connectivity index (χ4n) is 3.10. The molecule has 1 aromatic rings. The molecule has 1 atom stereocenters. The normalized spacial score (nSPS) is 20.7. The van der Waals surface area contributed by atoms with Crippen molar-refractivity contribution in [3.63, 3.8) is 0 Å². The van der Waals surface area contributed by atoms with Crippen molar-refractivity contribution in [1.82, 2.24) is 15.1 Å². The number of carbonyl (C=O) groups excluding carboxylic acids is 2. The number of carbonyl (C=O) groups is 2. The maximum atomic E-state index is 12.1. The Morgan fingerprint density at radius 1 is 1.35 bits per heavy atom. The lowest BCUT2D eigenvalue weighted by Gasteiger charge is -2.33. The van der Waals surface area contributed by atoms with Gasteiger partial charge < -0.3 is 14.6 Å². The predicted molar refractivity (Wildman–Crippen MR) is 88.9 cm³/mol. The van der Waals surface area contributed by atoms with Crippen LogP contribution in [0.5, 0.6) is 0 Å². The second-order valence-electron chi connectivity index (χ2n) is 6.00. The van der Waals surface area contributed by atoms with E-state index in [0.29, 0.717) is 18.2 Å². The van der Waals surface area contributed by atoms with Crippen LogP contribution < -0.4 is 5.32 Å². The van der Waals surface area contributed by atoms with Gasteiger partial charge in [0.1, 0.15) is 12.3 Å². The van der Waals surface area contributed by atoms with Crippen LogP contribution in [-0.4, -0.2) is 59.4 Å². The van der Waals surface area contributed by atoms with Crippen LogP contribution in [0.25, 0.3) is 0 Å². The first-order valence-electron chi connectivity index (χ1n) is 8.14. The molecule has 126 valence electrons. The largest absolute Gasteiger partial charge is 0.468 e. The zero-order chi connectivity index (χ0) is 16.1. The smallest absolute Gasteiger partial charge is 0.239 e. The van der Waals surface area contributed by atoms with Gasteiger partial charge in [0.25, 0.3) is 0 Å². The average Bonchev–Trinajstić information content (AvgIpc) is 3.22. The minimum Gasteiger partial charge on any atom is -0.468 e. The first-order valence-corrected chi connectivity index (χ1v) is 9.29. The number of nitrogens with one attached hydrogen (secondary N) is 1. The van der Waals surface area contributed by atoms with Gasteiger partial charge in [-0.1, -0.05) is 6.42 Å². The van der Waals surface area contributed by atoms with E-state index in [2.05, 4.69) is 10.2 Å². The van der Waals surface area contributed by atoms with Crippen molar-refractivity contribution in [3.05, 3.63) is 24.2 Å². The maximum absolute atomic E-state index is 12.1. The third-order valence-electron chi connectivity index (χ3n) is 4.36. The van der Waals surface area contributed by atoms with E-state index in [1.807, 2.05) is 12.1 Å². The van der Waals surface area contributed by atoms with Crippen LogP contribution in [0, 0.1) is 0 Å². The average molecular weight is 337 g/mol. The van der Waals surface area contributed by atoms with Crippen molar-refractivity contribution in [2.45, 2.75) is 25.3 Å². The van der Waals surface area contributed by atoms with Crippen molar-refractivity contribution in [2.24, 2.45) is 0 Å². The molecule has 7 heteroatoms. The number of amides is 2. The molecule has 2 fully saturated rings. The summed E-state index contributed by atoms with van der Waals surface area (Å²) in [5.74, 6) is 1.92. The van der Waals surface area contributed by atoms with Crippen LogP contribution in [-0.2, 0) is 9.59 Å². The Hall–Kier alpha value is -1.47. The minimum absolute atomic E-state index is 0.0452. The molecule has 0 unspecified atom stereocenters. The predicted octanol–water partition coefficient (Wildman–Crippen LogP) is 1.46. The molecule has 2 aliphatic heterocycles. The SMILES string of the molecule is O=C(CN1CSCC1=O)NC[C@H](c1ccco1)N1CCCCC1. The molecule has 3 rings (SSSR count). The molecule has 0 radical (unpaired) electrons. The zero-order valence-corrected chi connectivity index (χ0v) is 14.0. The van der Waals surface area contributed by atoms with Crippen LogP contribution >= 0.6 is 11.8 Å².